The van der Waals surface area contributed by atoms with Crippen LogP contribution in [0.25, 0.3) is 0 Å². The zero-order valence-electron chi connectivity index (χ0n) is 18.4. The summed E-state index contributed by atoms with van der Waals surface area (Å²) >= 11 is 0. The van der Waals surface area contributed by atoms with Crippen LogP contribution < -0.4 is 10.6 Å². The van der Waals surface area contributed by atoms with Crippen molar-refractivity contribution in [3.8, 4) is 0 Å². The van der Waals surface area contributed by atoms with Crippen LogP contribution in [0.5, 0.6) is 0 Å². The predicted molar refractivity (Wildman–Crippen MR) is 118 cm³/mol. The molecule has 1 aliphatic rings. The Kier molecular flexibility index (Phi) is 7.44. The molecule has 1 amide bonds. The van der Waals surface area contributed by atoms with E-state index in [1.54, 1.807) is 0 Å². The third-order valence-corrected chi connectivity index (χ3v) is 6.25. The monoisotopic (exact) mass is 430 g/mol. The number of carbonyl (C=O) groups excluding carboxylic acids is 1. The summed E-state index contributed by atoms with van der Waals surface area (Å²) in [7, 11) is 0. The van der Waals surface area contributed by atoms with E-state index in [4.69, 9.17) is 0 Å². The van der Waals surface area contributed by atoms with Crippen LogP contribution in [0.4, 0.5) is 8.78 Å². The second-order valence-electron chi connectivity index (χ2n) is 8.75. The molecule has 1 saturated carbocycles. The van der Waals surface area contributed by atoms with Gasteiger partial charge in [0.1, 0.15) is 11.6 Å². The van der Waals surface area contributed by atoms with E-state index in [9.17, 15) is 18.7 Å². The highest BCUT2D eigenvalue weighted by Gasteiger charge is 2.44. The van der Waals surface area contributed by atoms with E-state index < -0.39 is 23.8 Å². The van der Waals surface area contributed by atoms with Gasteiger partial charge in [-0.05, 0) is 60.4 Å². The van der Waals surface area contributed by atoms with Gasteiger partial charge in [0, 0.05) is 25.1 Å². The molecule has 0 aliphatic heterocycles. The van der Waals surface area contributed by atoms with Crippen molar-refractivity contribution < 1.29 is 18.7 Å². The van der Waals surface area contributed by atoms with Crippen LogP contribution in [-0.4, -0.2) is 29.7 Å². The van der Waals surface area contributed by atoms with Crippen molar-refractivity contribution in [3.63, 3.8) is 0 Å². The van der Waals surface area contributed by atoms with Crippen molar-refractivity contribution in [1.82, 2.24) is 10.6 Å². The highest BCUT2D eigenvalue weighted by molar-refractivity contribution is 5.73. The smallest absolute Gasteiger partial charge is 0.217 e. The lowest BCUT2D eigenvalue weighted by molar-refractivity contribution is -0.120. The van der Waals surface area contributed by atoms with E-state index in [2.05, 4.69) is 48.7 Å². The Morgan fingerprint density at radius 2 is 1.84 bits per heavy atom. The second-order valence-corrected chi connectivity index (χ2v) is 8.75. The van der Waals surface area contributed by atoms with Gasteiger partial charge in [0.15, 0.2) is 0 Å². The molecule has 3 N–H and O–H groups in total. The summed E-state index contributed by atoms with van der Waals surface area (Å²) in [6.07, 6.45) is 2.24. The van der Waals surface area contributed by atoms with Gasteiger partial charge >= 0.3 is 0 Å². The summed E-state index contributed by atoms with van der Waals surface area (Å²) in [6.45, 7) is 6.01. The number of nitrogens with one attached hydrogen (secondary N) is 2. The van der Waals surface area contributed by atoms with E-state index in [0.717, 1.165) is 25.3 Å². The Labute approximate surface area is 183 Å². The van der Waals surface area contributed by atoms with Gasteiger partial charge in [-0.25, -0.2) is 8.78 Å². The lowest BCUT2D eigenvalue weighted by atomic mass is 9.93. The Morgan fingerprint density at radius 3 is 2.42 bits per heavy atom. The Morgan fingerprint density at radius 1 is 1.16 bits per heavy atom. The molecule has 3 rings (SSSR count). The van der Waals surface area contributed by atoms with Crippen LogP contribution in [0, 0.1) is 11.6 Å². The van der Waals surface area contributed by atoms with Crippen molar-refractivity contribution in [2.45, 2.75) is 70.1 Å². The van der Waals surface area contributed by atoms with E-state index in [1.165, 1.54) is 30.2 Å². The third kappa shape index (κ3) is 6.11. The number of rotatable bonds is 10. The van der Waals surface area contributed by atoms with E-state index in [-0.39, 0.29) is 24.4 Å². The van der Waals surface area contributed by atoms with Gasteiger partial charge in [-0.1, -0.05) is 38.1 Å². The van der Waals surface area contributed by atoms with Crippen molar-refractivity contribution >= 4 is 5.91 Å². The van der Waals surface area contributed by atoms with Gasteiger partial charge in [-0.2, -0.15) is 0 Å². The molecule has 168 valence electrons. The first-order valence-electron chi connectivity index (χ1n) is 11.0. The van der Waals surface area contributed by atoms with E-state index >= 15 is 0 Å². The summed E-state index contributed by atoms with van der Waals surface area (Å²) in [5, 5.41) is 17.0. The molecule has 0 radical (unpaired) electrons. The summed E-state index contributed by atoms with van der Waals surface area (Å²) in [4.78, 5) is 11.7. The number of amides is 1. The Hall–Kier alpha value is -2.31. The predicted octanol–water partition coefficient (Wildman–Crippen LogP) is 4.17. The topological polar surface area (TPSA) is 61.4 Å². The quantitative estimate of drug-likeness (QED) is 0.530. The van der Waals surface area contributed by atoms with Crippen molar-refractivity contribution in [2.75, 3.05) is 6.54 Å². The Balaban J connectivity index is 1.69. The number of hydrogen-bond donors (Lipinski definition) is 3. The molecule has 2 aromatic rings. The molecule has 4 nitrogen and oxygen atoms in total. The molecule has 0 saturated heterocycles. The minimum absolute atomic E-state index is 0.133. The SMILES string of the molecule is CCC(C)c1cccc(C2(NC[C@H](O)[C@H](Cc3cc(F)cc(F)c3)NC(C)=O)CC2)c1. The first-order valence-corrected chi connectivity index (χ1v) is 11.0. The fourth-order valence-electron chi connectivity index (χ4n) is 4.04. The van der Waals surface area contributed by atoms with Gasteiger partial charge in [-0.3, -0.25) is 4.79 Å². The highest BCUT2D eigenvalue weighted by Crippen LogP contribution is 2.46. The minimum atomic E-state index is -0.912. The summed E-state index contributed by atoms with van der Waals surface area (Å²) in [6, 6.07) is 11.2. The van der Waals surface area contributed by atoms with Gasteiger partial charge in [0.05, 0.1) is 12.1 Å². The summed E-state index contributed by atoms with van der Waals surface area (Å²) in [5.74, 6) is -1.18. The molecule has 0 aromatic heterocycles. The lowest BCUT2D eigenvalue weighted by Gasteiger charge is -2.27. The summed E-state index contributed by atoms with van der Waals surface area (Å²) in [5.41, 5.74) is 2.73. The van der Waals surface area contributed by atoms with Crippen LogP contribution >= 0.6 is 0 Å². The maximum Gasteiger partial charge on any atom is 0.217 e. The highest BCUT2D eigenvalue weighted by atomic mass is 19.1. The van der Waals surface area contributed by atoms with Crippen LogP contribution in [0.15, 0.2) is 42.5 Å². The molecule has 31 heavy (non-hydrogen) atoms. The van der Waals surface area contributed by atoms with Gasteiger partial charge in [0.2, 0.25) is 5.91 Å². The van der Waals surface area contributed by atoms with Crippen LogP contribution in [0.1, 0.15) is 62.6 Å². The van der Waals surface area contributed by atoms with E-state index in [1.807, 2.05) is 0 Å². The second kappa shape index (κ2) is 9.88. The minimum Gasteiger partial charge on any atom is -0.390 e. The maximum atomic E-state index is 13.6. The van der Waals surface area contributed by atoms with Crippen molar-refractivity contribution in [2.24, 2.45) is 0 Å². The van der Waals surface area contributed by atoms with Gasteiger partial charge in [-0.15, -0.1) is 0 Å². The number of carbonyl (C=O) groups is 1. The number of hydrogen-bond acceptors (Lipinski definition) is 3. The average molecular weight is 431 g/mol. The fraction of sp³-hybridized carbons (Fsp3) is 0.480. The first-order chi connectivity index (χ1) is 14.7. The van der Waals surface area contributed by atoms with E-state index in [0.29, 0.717) is 11.5 Å². The number of aliphatic hydroxyl groups is 1. The summed E-state index contributed by atoms with van der Waals surface area (Å²) < 4.78 is 27.1. The fourth-order valence-corrected chi connectivity index (χ4v) is 4.04. The average Bonchev–Trinajstić information content (AvgIpc) is 3.51. The number of aliphatic hydroxyl groups excluding tert-OH is 1. The maximum absolute atomic E-state index is 13.6. The van der Waals surface area contributed by atoms with Crippen molar-refractivity contribution in [3.05, 3.63) is 70.8 Å². The largest absolute Gasteiger partial charge is 0.390 e. The van der Waals surface area contributed by atoms with Gasteiger partial charge < -0.3 is 15.7 Å². The molecule has 0 heterocycles. The van der Waals surface area contributed by atoms with Crippen LogP contribution in [0.2, 0.25) is 0 Å². The molecule has 6 heteroatoms. The molecule has 1 fully saturated rings. The molecule has 0 spiro atoms. The molecular formula is C25H32F2N2O2. The molecule has 1 unspecified atom stereocenters. The molecule has 0 bridgehead atoms. The number of benzene rings is 2. The van der Waals surface area contributed by atoms with Crippen LogP contribution in [-0.2, 0) is 16.8 Å². The normalized spacial score (nSPS) is 17.6. The Bertz CT molecular complexity index is 894. The number of halogens is 2. The zero-order chi connectivity index (χ0) is 22.6. The van der Waals surface area contributed by atoms with Crippen molar-refractivity contribution in [1.29, 1.82) is 0 Å². The molecule has 3 atom stereocenters. The molecular weight excluding hydrogens is 398 g/mol. The first kappa shape index (κ1) is 23.4. The third-order valence-electron chi connectivity index (χ3n) is 6.25. The molecule has 1 aliphatic carbocycles. The standard InChI is InChI=1S/C25H32F2N2O2/c1-4-16(2)19-6-5-7-20(13-19)25(8-9-25)28-15-24(31)23(29-17(3)30)12-18-10-21(26)14-22(27)11-18/h5-7,10-11,13-14,16,23-24,28,31H,4,8-9,12,15H2,1-3H3,(H,29,30)/t16?,23-,24-/m0/s1. The zero-order valence-corrected chi connectivity index (χ0v) is 18.4. The molecule has 2 aromatic carbocycles. The lowest BCUT2D eigenvalue weighted by Crippen LogP contribution is -2.49. The van der Waals surface area contributed by atoms with Crippen LogP contribution in [0.3, 0.4) is 0 Å². The van der Waals surface area contributed by atoms with Gasteiger partial charge in [0.25, 0.3) is 0 Å².